The van der Waals surface area contributed by atoms with Gasteiger partial charge in [0.1, 0.15) is 0 Å². The van der Waals surface area contributed by atoms with Crippen LogP contribution in [0.3, 0.4) is 0 Å². The summed E-state index contributed by atoms with van der Waals surface area (Å²) in [6.07, 6.45) is 12.2. The lowest BCUT2D eigenvalue weighted by atomic mass is 10.2. The molecule has 12 heavy (non-hydrogen) atoms. The number of hydrogen-bond acceptors (Lipinski definition) is 2. The van der Waals surface area contributed by atoms with Gasteiger partial charge in [-0.05, 0) is 19.1 Å². The Labute approximate surface area is 75.8 Å². The zero-order valence-corrected chi connectivity index (χ0v) is 7.64. The summed E-state index contributed by atoms with van der Waals surface area (Å²) in [6.45, 7) is 2.03. The van der Waals surface area contributed by atoms with Crippen LogP contribution in [0.5, 0.6) is 0 Å². The molecule has 0 saturated carbocycles. The van der Waals surface area contributed by atoms with Gasteiger partial charge in [-0.1, -0.05) is 24.3 Å². The van der Waals surface area contributed by atoms with Crippen molar-refractivity contribution in [1.29, 1.82) is 0 Å². The summed E-state index contributed by atoms with van der Waals surface area (Å²) in [6, 6.07) is 0. The highest BCUT2D eigenvalue weighted by Gasteiger charge is 2.02. The highest BCUT2D eigenvalue weighted by atomic mass is 32.1. The van der Waals surface area contributed by atoms with Crippen LogP contribution in [0.1, 0.15) is 15.6 Å². The van der Waals surface area contributed by atoms with E-state index in [9.17, 15) is 0 Å². The molecule has 60 valence electrons. The molecule has 2 rings (SSSR count). The largest absolute Gasteiger partial charge is 0.242 e. The summed E-state index contributed by atoms with van der Waals surface area (Å²) >= 11 is 1.73. The van der Waals surface area contributed by atoms with E-state index in [1.54, 1.807) is 11.3 Å². The molecule has 0 amide bonds. The van der Waals surface area contributed by atoms with Crippen molar-refractivity contribution in [2.24, 2.45) is 0 Å². The van der Waals surface area contributed by atoms with Gasteiger partial charge in [-0.2, -0.15) is 0 Å². The first-order chi connectivity index (χ1) is 5.86. The molecule has 0 saturated heterocycles. The van der Waals surface area contributed by atoms with Gasteiger partial charge in [0, 0.05) is 0 Å². The fourth-order valence-corrected chi connectivity index (χ4v) is 1.94. The van der Waals surface area contributed by atoms with Crippen LogP contribution in [0.4, 0.5) is 0 Å². The highest BCUT2D eigenvalue weighted by molar-refractivity contribution is 7.12. The van der Waals surface area contributed by atoms with E-state index in [1.807, 2.05) is 37.3 Å². The quantitative estimate of drug-likeness (QED) is 0.590. The number of thiazole rings is 1. The van der Waals surface area contributed by atoms with E-state index in [-0.39, 0.29) is 0 Å². The molecular formula is C10H9NS. The Morgan fingerprint density at radius 2 is 1.83 bits per heavy atom. The van der Waals surface area contributed by atoms with Gasteiger partial charge < -0.3 is 0 Å². The zero-order valence-electron chi connectivity index (χ0n) is 6.82. The van der Waals surface area contributed by atoms with Gasteiger partial charge in [-0.15, -0.1) is 11.3 Å². The lowest BCUT2D eigenvalue weighted by molar-refractivity contribution is 1.27. The number of aryl methyl sites for hydroxylation is 1. The number of fused-ring (bicyclic) bond motifs is 1. The Morgan fingerprint density at radius 3 is 2.67 bits per heavy atom. The number of allylic oxidation sites excluding steroid dienone is 4. The molecule has 0 radical (unpaired) electrons. The normalized spacial score (nSPS) is 14.1. The van der Waals surface area contributed by atoms with Gasteiger partial charge in [-0.25, -0.2) is 4.98 Å². The van der Waals surface area contributed by atoms with Crippen molar-refractivity contribution in [2.75, 3.05) is 0 Å². The second kappa shape index (κ2) is 3.07. The average molecular weight is 175 g/mol. The van der Waals surface area contributed by atoms with Crippen LogP contribution in [-0.2, 0) is 0 Å². The maximum Gasteiger partial charge on any atom is 0.0907 e. The third kappa shape index (κ3) is 1.38. The van der Waals surface area contributed by atoms with Crippen LogP contribution in [0.25, 0.3) is 12.2 Å². The molecule has 0 aromatic carbocycles. The van der Waals surface area contributed by atoms with Crippen molar-refractivity contribution < 1.29 is 0 Å². The molecule has 0 spiro atoms. The molecule has 2 heteroatoms. The van der Waals surface area contributed by atoms with E-state index in [4.69, 9.17) is 0 Å². The van der Waals surface area contributed by atoms with Crippen molar-refractivity contribution >= 4 is 23.5 Å². The molecule has 1 aliphatic rings. The summed E-state index contributed by atoms with van der Waals surface area (Å²) in [4.78, 5) is 5.64. The van der Waals surface area contributed by atoms with Crippen molar-refractivity contribution in [1.82, 2.24) is 4.98 Å². The molecule has 0 aliphatic heterocycles. The summed E-state index contributed by atoms with van der Waals surface area (Å²) in [5.74, 6) is 0. The lowest BCUT2D eigenvalue weighted by Crippen LogP contribution is -1.76. The second-order valence-corrected chi connectivity index (χ2v) is 3.82. The summed E-state index contributed by atoms with van der Waals surface area (Å²) in [7, 11) is 0. The molecule has 0 bridgehead atoms. The topological polar surface area (TPSA) is 12.9 Å². The monoisotopic (exact) mass is 175 g/mol. The molecule has 1 heterocycles. The Kier molecular flexibility index (Phi) is 1.92. The molecule has 1 nitrogen and oxygen atoms in total. The lowest BCUT2D eigenvalue weighted by Gasteiger charge is -1.89. The predicted molar refractivity (Wildman–Crippen MR) is 54.1 cm³/mol. The first-order valence-electron chi connectivity index (χ1n) is 3.85. The molecule has 0 fully saturated rings. The molecular weight excluding hydrogens is 166 g/mol. The van der Waals surface area contributed by atoms with E-state index >= 15 is 0 Å². The number of nitrogens with zero attached hydrogens (tertiary/aromatic N) is 1. The maximum atomic E-state index is 4.40. The van der Waals surface area contributed by atoms with E-state index in [0.29, 0.717) is 0 Å². The Morgan fingerprint density at radius 1 is 1.08 bits per heavy atom. The van der Waals surface area contributed by atoms with E-state index < -0.39 is 0 Å². The second-order valence-electron chi connectivity index (χ2n) is 2.59. The van der Waals surface area contributed by atoms with Crippen LogP contribution < -0.4 is 0 Å². The maximum absolute atomic E-state index is 4.40. The molecule has 1 aromatic rings. The van der Waals surface area contributed by atoms with Gasteiger partial charge in [0.2, 0.25) is 0 Å². The van der Waals surface area contributed by atoms with Crippen molar-refractivity contribution in [3.8, 4) is 0 Å². The average Bonchev–Trinajstić information content (AvgIpc) is 2.32. The van der Waals surface area contributed by atoms with Crippen molar-refractivity contribution in [3.05, 3.63) is 39.9 Å². The fourth-order valence-electron chi connectivity index (χ4n) is 1.12. The minimum atomic E-state index is 1.08. The van der Waals surface area contributed by atoms with Gasteiger partial charge in [0.05, 0.1) is 15.6 Å². The molecule has 0 atom stereocenters. The van der Waals surface area contributed by atoms with Gasteiger partial charge in [0.15, 0.2) is 0 Å². The third-order valence-corrected chi connectivity index (χ3v) is 2.57. The number of hydrogen-bond donors (Lipinski definition) is 0. The molecule has 1 aliphatic carbocycles. The van der Waals surface area contributed by atoms with Gasteiger partial charge in [0.25, 0.3) is 0 Å². The number of aromatic nitrogens is 1. The minimum Gasteiger partial charge on any atom is -0.242 e. The Hall–Kier alpha value is -1.15. The van der Waals surface area contributed by atoms with Crippen molar-refractivity contribution in [2.45, 2.75) is 6.92 Å². The van der Waals surface area contributed by atoms with Crippen LogP contribution in [0.15, 0.2) is 24.3 Å². The minimum absolute atomic E-state index is 1.08. The first kappa shape index (κ1) is 7.50. The SMILES string of the molecule is Cc1nc2c(s1)C=CC=CC=C2. The predicted octanol–water partition coefficient (Wildman–Crippen LogP) is 3.05. The van der Waals surface area contributed by atoms with Gasteiger partial charge >= 0.3 is 0 Å². The summed E-state index contributed by atoms with van der Waals surface area (Å²) < 4.78 is 0. The Bertz CT molecular complexity index is 336. The smallest absolute Gasteiger partial charge is 0.0907 e. The zero-order chi connectivity index (χ0) is 8.39. The summed E-state index contributed by atoms with van der Waals surface area (Å²) in [5, 5.41) is 1.12. The molecule has 1 aromatic heterocycles. The summed E-state index contributed by atoms with van der Waals surface area (Å²) in [5.41, 5.74) is 1.08. The van der Waals surface area contributed by atoms with Crippen LogP contribution in [-0.4, -0.2) is 4.98 Å². The van der Waals surface area contributed by atoms with Gasteiger partial charge in [-0.3, -0.25) is 0 Å². The highest BCUT2D eigenvalue weighted by Crippen LogP contribution is 2.21. The van der Waals surface area contributed by atoms with Crippen molar-refractivity contribution in [3.63, 3.8) is 0 Å². The Balaban J connectivity index is 2.53. The van der Waals surface area contributed by atoms with E-state index in [1.165, 1.54) is 4.88 Å². The molecule has 0 unspecified atom stereocenters. The molecule has 0 N–H and O–H groups in total. The van der Waals surface area contributed by atoms with Crippen LogP contribution >= 0.6 is 11.3 Å². The van der Waals surface area contributed by atoms with Crippen LogP contribution in [0.2, 0.25) is 0 Å². The standard InChI is InChI=1S/C10H9NS/c1-8-11-9-6-4-2-3-5-7-10(9)12-8/h2-7H,1H3. The fraction of sp³-hybridized carbons (Fsp3) is 0.100. The van der Waals surface area contributed by atoms with Crippen LogP contribution in [0, 0.1) is 6.92 Å². The number of rotatable bonds is 0. The first-order valence-corrected chi connectivity index (χ1v) is 4.67. The van der Waals surface area contributed by atoms with E-state index in [2.05, 4.69) is 11.1 Å². The van der Waals surface area contributed by atoms with E-state index in [0.717, 1.165) is 10.7 Å². The third-order valence-electron chi connectivity index (χ3n) is 1.62.